The van der Waals surface area contributed by atoms with Crippen molar-refractivity contribution in [3.05, 3.63) is 0 Å². The number of hydrogen-bond acceptors (Lipinski definition) is 3. The summed E-state index contributed by atoms with van der Waals surface area (Å²) in [4.78, 5) is 0. The summed E-state index contributed by atoms with van der Waals surface area (Å²) >= 11 is 9.05. The van der Waals surface area contributed by atoms with Crippen LogP contribution in [-0.4, -0.2) is 14.0 Å². The van der Waals surface area contributed by atoms with E-state index in [1.165, 1.54) is 29.2 Å². The summed E-state index contributed by atoms with van der Waals surface area (Å²) in [5.41, 5.74) is 0. The molecule has 56 valence electrons. The van der Waals surface area contributed by atoms with E-state index in [2.05, 4.69) is 0 Å². The Hall–Kier alpha value is 0.790. The molecule has 0 unspecified atom stereocenters. The zero-order chi connectivity index (χ0) is 6.97. The molecule has 1 saturated heterocycles. The number of hydrogen-bond donors (Lipinski definition) is 0. The first-order chi connectivity index (χ1) is 4.86. The Labute approximate surface area is 75.5 Å². The van der Waals surface area contributed by atoms with E-state index in [9.17, 15) is 0 Å². The molecule has 0 nitrogen and oxygen atoms in total. The van der Waals surface area contributed by atoms with Gasteiger partial charge in [0.25, 0.3) is 0 Å². The lowest BCUT2D eigenvalue weighted by molar-refractivity contribution is 0.532. The van der Waals surface area contributed by atoms with Crippen LogP contribution in [0.25, 0.3) is 0 Å². The third-order valence-corrected chi connectivity index (χ3v) is 5.58. The molecule has 0 aromatic rings. The highest BCUT2D eigenvalue weighted by Crippen LogP contribution is 2.46. The van der Waals surface area contributed by atoms with Crippen molar-refractivity contribution in [3.63, 3.8) is 0 Å². The molecule has 1 aliphatic heterocycles. The average molecular weight is 190 g/mol. The molecular formula is C7H10S3. The van der Waals surface area contributed by atoms with Gasteiger partial charge in [-0.1, -0.05) is 25.1 Å². The molecule has 2 aliphatic rings. The number of fused-ring (bicyclic) bond motifs is 1. The van der Waals surface area contributed by atoms with Crippen LogP contribution in [0.15, 0.2) is 0 Å². The van der Waals surface area contributed by atoms with Crippen LogP contribution < -0.4 is 0 Å². The number of thioether (sulfide) groups is 2. The van der Waals surface area contributed by atoms with Crippen molar-refractivity contribution >= 4 is 39.3 Å². The minimum atomic E-state index is 0.881. The van der Waals surface area contributed by atoms with Gasteiger partial charge in [0.2, 0.25) is 0 Å². The SMILES string of the molecule is S=C1S[C@H]2CCCC[C@@H]2S1. The van der Waals surface area contributed by atoms with Gasteiger partial charge in [-0.25, -0.2) is 0 Å². The highest BCUT2D eigenvalue weighted by molar-refractivity contribution is 8.49. The molecule has 0 bridgehead atoms. The van der Waals surface area contributed by atoms with Crippen molar-refractivity contribution in [2.75, 3.05) is 0 Å². The van der Waals surface area contributed by atoms with Gasteiger partial charge in [-0.15, -0.1) is 23.5 Å². The molecule has 1 heterocycles. The molecule has 0 aromatic heterocycles. The van der Waals surface area contributed by atoms with Gasteiger partial charge in [0.15, 0.2) is 0 Å². The van der Waals surface area contributed by atoms with E-state index >= 15 is 0 Å². The van der Waals surface area contributed by atoms with Gasteiger partial charge in [-0.3, -0.25) is 0 Å². The van der Waals surface area contributed by atoms with E-state index in [1.54, 1.807) is 0 Å². The Kier molecular flexibility index (Phi) is 2.26. The fourth-order valence-corrected chi connectivity index (χ4v) is 5.29. The van der Waals surface area contributed by atoms with Crippen LogP contribution >= 0.6 is 35.7 Å². The molecule has 0 aromatic carbocycles. The van der Waals surface area contributed by atoms with Crippen molar-refractivity contribution in [3.8, 4) is 0 Å². The summed E-state index contributed by atoms with van der Waals surface area (Å²) in [5, 5.41) is 1.76. The van der Waals surface area contributed by atoms with Crippen LogP contribution in [0.4, 0.5) is 0 Å². The zero-order valence-electron chi connectivity index (χ0n) is 5.71. The van der Waals surface area contributed by atoms with Gasteiger partial charge in [0, 0.05) is 10.5 Å². The third kappa shape index (κ3) is 1.36. The van der Waals surface area contributed by atoms with Crippen LogP contribution in [0.2, 0.25) is 0 Å². The number of rotatable bonds is 0. The smallest absolute Gasteiger partial charge is 0.103 e. The second-order valence-corrected chi connectivity index (χ2v) is 6.53. The fourth-order valence-electron chi connectivity index (χ4n) is 1.61. The lowest BCUT2D eigenvalue weighted by Crippen LogP contribution is -2.19. The van der Waals surface area contributed by atoms with Crippen molar-refractivity contribution in [1.29, 1.82) is 0 Å². The molecule has 3 heteroatoms. The quantitative estimate of drug-likeness (QED) is 0.539. The first-order valence-corrected chi connectivity index (χ1v) is 5.90. The molecule has 0 spiro atoms. The second kappa shape index (κ2) is 3.03. The van der Waals surface area contributed by atoms with Crippen LogP contribution in [-0.2, 0) is 0 Å². The maximum Gasteiger partial charge on any atom is 0.104 e. The first-order valence-electron chi connectivity index (χ1n) is 3.73. The third-order valence-electron chi connectivity index (χ3n) is 2.14. The molecule has 2 rings (SSSR count). The fraction of sp³-hybridized carbons (Fsp3) is 0.857. The van der Waals surface area contributed by atoms with E-state index in [0.29, 0.717) is 0 Å². The van der Waals surface area contributed by atoms with E-state index in [-0.39, 0.29) is 0 Å². The lowest BCUT2D eigenvalue weighted by atomic mass is 10.00. The second-order valence-electron chi connectivity index (χ2n) is 2.85. The van der Waals surface area contributed by atoms with E-state index in [1.807, 2.05) is 23.5 Å². The Balaban J connectivity index is 2.04. The van der Waals surface area contributed by atoms with Crippen LogP contribution in [0.3, 0.4) is 0 Å². The Morgan fingerprint density at radius 3 is 2.10 bits per heavy atom. The normalized spacial score (nSPS) is 39.8. The first kappa shape index (κ1) is 7.44. The molecule has 1 aliphatic carbocycles. The van der Waals surface area contributed by atoms with E-state index in [4.69, 9.17) is 12.2 Å². The topological polar surface area (TPSA) is 0 Å². The average Bonchev–Trinajstić information content (AvgIpc) is 2.27. The van der Waals surface area contributed by atoms with Gasteiger partial charge < -0.3 is 0 Å². The Morgan fingerprint density at radius 1 is 1.10 bits per heavy atom. The number of thiocarbonyl (C=S) groups is 1. The zero-order valence-corrected chi connectivity index (χ0v) is 8.16. The standard InChI is InChI=1S/C7H10S3/c8-7-9-5-3-1-2-4-6(5)10-7/h5-6H,1-4H2/t5-,6-/m0/s1. The van der Waals surface area contributed by atoms with Gasteiger partial charge in [-0.2, -0.15) is 0 Å². The molecular weight excluding hydrogens is 180 g/mol. The summed E-state index contributed by atoms with van der Waals surface area (Å²) in [6.07, 6.45) is 5.67. The highest BCUT2D eigenvalue weighted by Gasteiger charge is 2.33. The summed E-state index contributed by atoms with van der Waals surface area (Å²) in [6, 6.07) is 0. The molecule has 10 heavy (non-hydrogen) atoms. The summed E-state index contributed by atoms with van der Waals surface area (Å²) in [5.74, 6) is 0. The maximum absolute atomic E-state index is 5.16. The van der Waals surface area contributed by atoms with Crippen molar-refractivity contribution < 1.29 is 0 Å². The predicted molar refractivity (Wildman–Crippen MR) is 53.8 cm³/mol. The minimum Gasteiger partial charge on any atom is -0.103 e. The van der Waals surface area contributed by atoms with Gasteiger partial charge in [-0.05, 0) is 12.8 Å². The van der Waals surface area contributed by atoms with Crippen LogP contribution in [0.5, 0.6) is 0 Å². The van der Waals surface area contributed by atoms with Crippen molar-refractivity contribution in [2.45, 2.75) is 36.2 Å². The molecule has 1 saturated carbocycles. The summed E-state index contributed by atoms with van der Waals surface area (Å²) in [7, 11) is 0. The van der Waals surface area contributed by atoms with Gasteiger partial charge in [0.1, 0.15) is 3.53 Å². The van der Waals surface area contributed by atoms with Crippen molar-refractivity contribution in [2.24, 2.45) is 0 Å². The van der Waals surface area contributed by atoms with E-state index < -0.39 is 0 Å². The largest absolute Gasteiger partial charge is 0.104 e. The monoisotopic (exact) mass is 190 g/mol. The molecule has 0 amide bonds. The maximum atomic E-state index is 5.16. The van der Waals surface area contributed by atoms with E-state index in [0.717, 1.165) is 10.5 Å². The van der Waals surface area contributed by atoms with Crippen molar-refractivity contribution in [1.82, 2.24) is 0 Å². The lowest BCUT2D eigenvalue weighted by Gasteiger charge is -2.21. The summed E-state index contributed by atoms with van der Waals surface area (Å²) < 4.78 is 1.19. The van der Waals surface area contributed by atoms with Gasteiger partial charge >= 0.3 is 0 Å². The van der Waals surface area contributed by atoms with Crippen LogP contribution in [0, 0.1) is 0 Å². The highest BCUT2D eigenvalue weighted by atomic mass is 32.2. The molecule has 0 radical (unpaired) electrons. The van der Waals surface area contributed by atoms with Gasteiger partial charge in [0.05, 0.1) is 0 Å². The van der Waals surface area contributed by atoms with Crippen LogP contribution in [0.1, 0.15) is 25.7 Å². The predicted octanol–water partition coefficient (Wildman–Crippen LogP) is 3.06. The molecule has 2 fully saturated rings. The molecule has 0 N–H and O–H groups in total. The summed E-state index contributed by atoms with van der Waals surface area (Å²) in [6.45, 7) is 0. The minimum absolute atomic E-state index is 0.881. The Morgan fingerprint density at radius 2 is 1.60 bits per heavy atom. The Bertz CT molecular complexity index is 139. The molecule has 2 atom stereocenters.